The first-order chi connectivity index (χ1) is 8.10. The average molecular weight is 285 g/mol. The van der Waals surface area contributed by atoms with Gasteiger partial charge < -0.3 is 0 Å². The number of sulfone groups is 1. The van der Waals surface area contributed by atoms with E-state index < -0.39 is 37.8 Å². The van der Waals surface area contributed by atoms with Crippen molar-refractivity contribution in [2.75, 3.05) is 0 Å². The highest BCUT2D eigenvalue weighted by molar-refractivity contribution is 7.92. The fraction of sp³-hybridized carbons (Fsp3) is 0.222. The van der Waals surface area contributed by atoms with Crippen molar-refractivity contribution >= 4 is 9.84 Å². The van der Waals surface area contributed by atoms with E-state index in [1.807, 2.05) is 0 Å². The number of benzene rings is 1. The van der Waals surface area contributed by atoms with Gasteiger partial charge in [0.2, 0.25) is 15.1 Å². The third-order valence-corrected chi connectivity index (χ3v) is 3.84. The Morgan fingerprint density at radius 3 is 2.22 bits per heavy atom. The highest BCUT2D eigenvalue weighted by atomic mass is 32.2. The number of alkyl halides is 3. The van der Waals surface area contributed by atoms with Crippen LogP contribution in [-0.2, 0) is 9.84 Å². The smallest absolute Gasteiger partial charge is 0.222 e. The van der Waals surface area contributed by atoms with Gasteiger partial charge in [0.25, 0.3) is 0 Å². The van der Waals surface area contributed by atoms with E-state index in [2.05, 4.69) is 0 Å². The van der Waals surface area contributed by atoms with Crippen molar-refractivity contribution in [2.24, 2.45) is 0 Å². The Bertz CT molecular complexity index is 602. The zero-order valence-corrected chi connectivity index (χ0v) is 9.19. The van der Waals surface area contributed by atoms with Crippen molar-refractivity contribution in [2.45, 2.75) is 16.3 Å². The monoisotopic (exact) mass is 285 g/mol. The van der Waals surface area contributed by atoms with Crippen LogP contribution in [0.5, 0.6) is 0 Å². The molecule has 1 atom stereocenters. The summed E-state index contributed by atoms with van der Waals surface area (Å²) in [6.45, 7) is 0. The third kappa shape index (κ3) is 2.59. The highest BCUT2D eigenvalue weighted by Crippen LogP contribution is 2.31. The molecule has 3 nitrogen and oxygen atoms in total. The molecule has 1 aromatic rings. The largest absolute Gasteiger partial charge is 0.418 e. The van der Waals surface area contributed by atoms with E-state index in [9.17, 15) is 30.4 Å². The maximum Gasteiger partial charge on any atom is 0.418 e. The van der Waals surface area contributed by atoms with Gasteiger partial charge in [0.1, 0.15) is 16.5 Å². The lowest BCUT2D eigenvalue weighted by Gasteiger charge is -2.14. The van der Waals surface area contributed by atoms with Crippen LogP contribution in [0.2, 0.25) is 0 Å². The summed E-state index contributed by atoms with van der Waals surface area (Å²) >= 11 is 0. The van der Waals surface area contributed by atoms with E-state index in [0.717, 1.165) is 0 Å². The van der Waals surface area contributed by atoms with Gasteiger partial charge >= 0.3 is 6.18 Å². The Balaban J connectivity index is 3.48. The molecule has 0 aromatic heterocycles. The number of hydrogen-bond acceptors (Lipinski definition) is 3. The SMILES string of the molecule is N#CC(C(F)(F)F)S(=O)(=O)c1cc(F)ccc1F. The van der Waals surface area contributed by atoms with Crippen LogP contribution in [-0.4, -0.2) is 19.8 Å². The molecule has 0 bridgehead atoms. The minimum absolute atomic E-state index is 0.0980. The lowest BCUT2D eigenvalue weighted by molar-refractivity contribution is -0.120. The highest BCUT2D eigenvalue weighted by Gasteiger charge is 2.50. The molecule has 0 fully saturated rings. The van der Waals surface area contributed by atoms with E-state index >= 15 is 0 Å². The second-order valence-electron chi connectivity index (χ2n) is 3.17. The number of rotatable bonds is 2. The van der Waals surface area contributed by atoms with Crippen molar-refractivity contribution in [1.82, 2.24) is 0 Å². The van der Waals surface area contributed by atoms with Gasteiger partial charge in [0.15, 0.2) is 0 Å². The summed E-state index contributed by atoms with van der Waals surface area (Å²) < 4.78 is 85.7. The Kier molecular flexibility index (Phi) is 3.62. The lowest BCUT2D eigenvalue weighted by Crippen LogP contribution is -2.35. The van der Waals surface area contributed by atoms with Crippen molar-refractivity contribution in [1.29, 1.82) is 5.26 Å². The van der Waals surface area contributed by atoms with Gasteiger partial charge in [-0.05, 0) is 18.2 Å². The number of hydrogen-bond donors (Lipinski definition) is 0. The summed E-state index contributed by atoms with van der Waals surface area (Å²) in [6, 6.07) is 1.54. The van der Waals surface area contributed by atoms with Crippen molar-refractivity contribution < 1.29 is 30.4 Å². The Morgan fingerprint density at radius 1 is 1.22 bits per heavy atom. The molecule has 98 valence electrons. The van der Waals surface area contributed by atoms with E-state index in [1.165, 1.54) is 0 Å². The molecular weight excluding hydrogens is 281 g/mol. The first kappa shape index (κ1) is 14.4. The molecule has 0 heterocycles. The van der Waals surface area contributed by atoms with E-state index in [-0.39, 0.29) is 6.07 Å². The second kappa shape index (κ2) is 4.53. The lowest BCUT2D eigenvalue weighted by atomic mass is 10.3. The fourth-order valence-corrected chi connectivity index (χ4v) is 2.50. The molecule has 0 aliphatic heterocycles. The van der Waals surface area contributed by atoms with Crippen LogP contribution >= 0.6 is 0 Å². The molecule has 1 unspecified atom stereocenters. The molecule has 9 heteroatoms. The minimum atomic E-state index is -5.40. The zero-order valence-electron chi connectivity index (χ0n) is 8.37. The molecule has 0 radical (unpaired) electrons. The summed E-state index contributed by atoms with van der Waals surface area (Å²) in [7, 11) is -5.36. The molecule has 0 saturated heterocycles. The molecular formula is C9H4F5NO2S. The van der Waals surface area contributed by atoms with Gasteiger partial charge in [0, 0.05) is 0 Å². The van der Waals surface area contributed by atoms with E-state index in [1.54, 1.807) is 0 Å². The normalized spacial score (nSPS) is 14.0. The third-order valence-electron chi connectivity index (χ3n) is 1.92. The molecule has 1 aromatic carbocycles. The number of halogens is 5. The van der Waals surface area contributed by atoms with Crippen LogP contribution in [0.3, 0.4) is 0 Å². The van der Waals surface area contributed by atoms with Crippen LogP contribution in [0.15, 0.2) is 23.1 Å². The van der Waals surface area contributed by atoms with Crippen LogP contribution in [0, 0.1) is 23.0 Å². The average Bonchev–Trinajstić information content (AvgIpc) is 2.19. The van der Waals surface area contributed by atoms with Gasteiger partial charge in [-0.25, -0.2) is 17.2 Å². The number of nitriles is 1. The summed E-state index contributed by atoms with van der Waals surface area (Å²) in [5.74, 6) is -2.78. The van der Waals surface area contributed by atoms with Crippen LogP contribution in [0.1, 0.15) is 0 Å². The molecule has 0 aliphatic carbocycles. The molecule has 1 rings (SSSR count). The maximum absolute atomic E-state index is 13.1. The maximum atomic E-state index is 13.1. The van der Waals surface area contributed by atoms with Gasteiger partial charge in [-0.2, -0.15) is 18.4 Å². The van der Waals surface area contributed by atoms with Gasteiger partial charge in [-0.3, -0.25) is 0 Å². The molecule has 0 aliphatic rings. The van der Waals surface area contributed by atoms with E-state index in [4.69, 9.17) is 5.26 Å². The summed E-state index contributed by atoms with van der Waals surface area (Å²) in [6.07, 6.45) is -5.40. The minimum Gasteiger partial charge on any atom is -0.222 e. The molecule has 0 N–H and O–H groups in total. The summed E-state index contributed by atoms with van der Waals surface area (Å²) in [5, 5.41) is 4.81. The Morgan fingerprint density at radius 2 is 1.78 bits per heavy atom. The van der Waals surface area contributed by atoms with Gasteiger partial charge in [-0.1, -0.05) is 0 Å². The summed E-state index contributed by atoms with van der Waals surface area (Å²) in [4.78, 5) is -1.49. The van der Waals surface area contributed by atoms with Crippen molar-refractivity contribution in [3.63, 3.8) is 0 Å². The Hall–Kier alpha value is -1.69. The van der Waals surface area contributed by atoms with Crippen LogP contribution in [0.4, 0.5) is 22.0 Å². The molecule has 18 heavy (non-hydrogen) atoms. The predicted molar refractivity (Wildman–Crippen MR) is 49.0 cm³/mol. The fourth-order valence-electron chi connectivity index (χ4n) is 1.14. The Labute approximate surface area is 98.4 Å². The van der Waals surface area contributed by atoms with Gasteiger partial charge in [0.05, 0.1) is 6.07 Å². The van der Waals surface area contributed by atoms with E-state index in [0.29, 0.717) is 18.2 Å². The number of nitrogens with zero attached hydrogens (tertiary/aromatic N) is 1. The summed E-state index contributed by atoms with van der Waals surface area (Å²) in [5.41, 5.74) is 0. The quantitative estimate of drug-likeness (QED) is 0.783. The van der Waals surface area contributed by atoms with Crippen LogP contribution < -0.4 is 0 Å². The standard InChI is InChI=1S/C9H4F5NO2S/c10-5-1-2-6(11)7(3-5)18(16,17)8(4-15)9(12,13)14/h1-3,8H. The topological polar surface area (TPSA) is 57.9 Å². The first-order valence-corrected chi connectivity index (χ1v) is 5.80. The molecule has 0 spiro atoms. The van der Waals surface area contributed by atoms with Crippen molar-refractivity contribution in [3.05, 3.63) is 29.8 Å². The molecule has 0 amide bonds. The second-order valence-corrected chi connectivity index (χ2v) is 5.17. The molecule has 0 saturated carbocycles. The van der Waals surface area contributed by atoms with Crippen LogP contribution in [0.25, 0.3) is 0 Å². The predicted octanol–water partition coefficient (Wildman–Crippen LogP) is 2.19. The zero-order chi connectivity index (χ0) is 14.1. The van der Waals surface area contributed by atoms with Crippen molar-refractivity contribution in [3.8, 4) is 6.07 Å². The first-order valence-electron chi connectivity index (χ1n) is 4.26. The van der Waals surface area contributed by atoms with Gasteiger partial charge in [-0.15, -0.1) is 0 Å².